The molecular formula is C16H19ClN2O2. The lowest BCUT2D eigenvalue weighted by atomic mass is 9.94. The zero-order chi connectivity index (χ0) is 15.4. The summed E-state index contributed by atoms with van der Waals surface area (Å²) < 4.78 is 1.87. The molecule has 0 aliphatic heterocycles. The third-order valence-corrected chi connectivity index (χ3v) is 3.77. The second-order valence-electron chi connectivity index (χ2n) is 4.95. The first kappa shape index (κ1) is 15.6. The van der Waals surface area contributed by atoms with Crippen molar-refractivity contribution in [1.82, 2.24) is 9.78 Å². The summed E-state index contributed by atoms with van der Waals surface area (Å²) in [4.78, 5) is 11.6. The van der Waals surface area contributed by atoms with Crippen LogP contribution in [0.25, 0.3) is 0 Å². The Morgan fingerprint density at radius 1 is 1.38 bits per heavy atom. The van der Waals surface area contributed by atoms with Gasteiger partial charge in [-0.05, 0) is 37.1 Å². The Balaban J connectivity index is 2.32. The number of nitrogens with zero attached hydrogens (tertiary/aromatic N) is 2. The molecule has 21 heavy (non-hydrogen) atoms. The van der Waals surface area contributed by atoms with Crippen molar-refractivity contribution >= 4 is 17.6 Å². The molecule has 2 rings (SSSR count). The molecule has 112 valence electrons. The van der Waals surface area contributed by atoms with Gasteiger partial charge in [0.2, 0.25) is 0 Å². The Morgan fingerprint density at radius 3 is 2.71 bits per heavy atom. The fourth-order valence-corrected chi connectivity index (χ4v) is 2.60. The van der Waals surface area contributed by atoms with Gasteiger partial charge >= 0.3 is 5.97 Å². The highest BCUT2D eigenvalue weighted by Crippen LogP contribution is 2.24. The summed E-state index contributed by atoms with van der Waals surface area (Å²) in [5.74, 6) is -1.46. The molecule has 0 aliphatic carbocycles. The van der Waals surface area contributed by atoms with Crippen LogP contribution in [-0.2, 0) is 24.2 Å². The minimum Gasteiger partial charge on any atom is -0.481 e. The van der Waals surface area contributed by atoms with Gasteiger partial charge in [0.15, 0.2) is 0 Å². The predicted octanol–water partition coefficient (Wildman–Crippen LogP) is 3.53. The smallest absolute Gasteiger partial charge is 0.311 e. The van der Waals surface area contributed by atoms with Crippen LogP contribution in [0.2, 0.25) is 5.02 Å². The lowest BCUT2D eigenvalue weighted by Crippen LogP contribution is -2.16. The number of benzene rings is 1. The summed E-state index contributed by atoms with van der Waals surface area (Å²) in [6.45, 7) is 4.78. The van der Waals surface area contributed by atoms with Gasteiger partial charge in [-0.2, -0.15) is 5.10 Å². The molecule has 0 spiro atoms. The molecule has 1 aromatic heterocycles. The molecular weight excluding hydrogens is 288 g/mol. The van der Waals surface area contributed by atoms with Crippen molar-refractivity contribution in [2.24, 2.45) is 0 Å². The second kappa shape index (κ2) is 6.76. The standard InChI is InChI=1S/C16H19ClN2O2/c1-3-13-9-14(19(4-2)18-13)10-15(16(20)21)11-6-5-7-12(17)8-11/h5-9,15H,3-4,10H2,1-2H3,(H,20,21). The van der Waals surface area contributed by atoms with Crippen molar-refractivity contribution < 1.29 is 9.90 Å². The van der Waals surface area contributed by atoms with Crippen LogP contribution < -0.4 is 0 Å². The molecule has 0 amide bonds. The maximum atomic E-state index is 11.6. The van der Waals surface area contributed by atoms with Crippen LogP contribution >= 0.6 is 11.6 Å². The summed E-state index contributed by atoms with van der Waals surface area (Å²) >= 11 is 5.97. The largest absolute Gasteiger partial charge is 0.481 e. The molecule has 1 heterocycles. The SMILES string of the molecule is CCc1cc(CC(C(=O)O)c2cccc(Cl)c2)n(CC)n1. The van der Waals surface area contributed by atoms with E-state index < -0.39 is 11.9 Å². The number of rotatable bonds is 6. The Kier molecular flexibility index (Phi) is 5.02. The van der Waals surface area contributed by atoms with Crippen molar-refractivity contribution in [3.8, 4) is 0 Å². The average Bonchev–Trinajstić information content (AvgIpc) is 2.86. The van der Waals surface area contributed by atoms with Crippen molar-refractivity contribution in [2.45, 2.75) is 39.2 Å². The highest BCUT2D eigenvalue weighted by atomic mass is 35.5. The van der Waals surface area contributed by atoms with Gasteiger partial charge in [-0.1, -0.05) is 30.7 Å². The monoisotopic (exact) mass is 306 g/mol. The Bertz CT molecular complexity index is 637. The van der Waals surface area contributed by atoms with Crippen LogP contribution in [0, 0.1) is 0 Å². The normalized spacial score (nSPS) is 12.3. The van der Waals surface area contributed by atoms with Crippen LogP contribution in [0.15, 0.2) is 30.3 Å². The molecule has 2 aromatic rings. The summed E-state index contributed by atoms with van der Waals surface area (Å²) in [6.07, 6.45) is 1.26. The summed E-state index contributed by atoms with van der Waals surface area (Å²) in [5, 5.41) is 14.6. The number of hydrogen-bond donors (Lipinski definition) is 1. The Hall–Kier alpha value is -1.81. The molecule has 0 aliphatic rings. The van der Waals surface area contributed by atoms with Gasteiger partial charge in [-0.25, -0.2) is 0 Å². The van der Waals surface area contributed by atoms with Gasteiger partial charge in [-0.3, -0.25) is 9.48 Å². The van der Waals surface area contributed by atoms with Gasteiger partial charge in [0.05, 0.1) is 11.6 Å². The molecule has 4 nitrogen and oxygen atoms in total. The Morgan fingerprint density at radius 2 is 2.14 bits per heavy atom. The van der Waals surface area contributed by atoms with Crippen molar-refractivity contribution in [3.05, 3.63) is 52.3 Å². The fraction of sp³-hybridized carbons (Fsp3) is 0.375. The molecule has 0 fully saturated rings. The number of carbonyl (C=O) groups is 1. The molecule has 1 N–H and O–H groups in total. The van der Waals surface area contributed by atoms with E-state index in [9.17, 15) is 9.90 Å². The zero-order valence-electron chi connectivity index (χ0n) is 12.2. The number of hydrogen-bond acceptors (Lipinski definition) is 2. The van der Waals surface area contributed by atoms with Crippen LogP contribution in [0.5, 0.6) is 0 Å². The van der Waals surface area contributed by atoms with E-state index >= 15 is 0 Å². The maximum absolute atomic E-state index is 11.6. The lowest BCUT2D eigenvalue weighted by Gasteiger charge is -2.14. The molecule has 0 bridgehead atoms. The van der Waals surface area contributed by atoms with Crippen LogP contribution in [0.3, 0.4) is 0 Å². The van der Waals surface area contributed by atoms with E-state index in [0.29, 0.717) is 11.4 Å². The number of aryl methyl sites for hydroxylation is 2. The minimum absolute atomic E-state index is 0.413. The van der Waals surface area contributed by atoms with Gasteiger partial charge in [-0.15, -0.1) is 0 Å². The maximum Gasteiger partial charge on any atom is 0.311 e. The van der Waals surface area contributed by atoms with E-state index in [-0.39, 0.29) is 0 Å². The molecule has 0 radical (unpaired) electrons. The highest BCUT2D eigenvalue weighted by Gasteiger charge is 2.22. The van der Waals surface area contributed by atoms with E-state index in [1.807, 2.05) is 24.6 Å². The van der Waals surface area contributed by atoms with Gasteiger partial charge in [0.25, 0.3) is 0 Å². The minimum atomic E-state index is -0.848. The second-order valence-corrected chi connectivity index (χ2v) is 5.38. The fourth-order valence-electron chi connectivity index (χ4n) is 2.41. The van der Waals surface area contributed by atoms with E-state index in [4.69, 9.17) is 11.6 Å². The average molecular weight is 307 g/mol. The van der Waals surface area contributed by atoms with E-state index in [2.05, 4.69) is 5.10 Å². The zero-order valence-corrected chi connectivity index (χ0v) is 13.0. The first-order chi connectivity index (χ1) is 10.0. The van der Waals surface area contributed by atoms with E-state index in [1.54, 1.807) is 24.3 Å². The topological polar surface area (TPSA) is 55.1 Å². The third-order valence-electron chi connectivity index (χ3n) is 3.54. The summed E-state index contributed by atoms with van der Waals surface area (Å²) in [5.41, 5.74) is 2.65. The summed E-state index contributed by atoms with van der Waals surface area (Å²) in [7, 11) is 0. The van der Waals surface area contributed by atoms with Gasteiger partial charge < -0.3 is 5.11 Å². The number of carboxylic acid groups (broad SMARTS) is 1. The van der Waals surface area contributed by atoms with Crippen LogP contribution in [0.1, 0.15) is 36.7 Å². The molecule has 1 aromatic carbocycles. The van der Waals surface area contributed by atoms with Gasteiger partial charge in [0, 0.05) is 23.7 Å². The lowest BCUT2D eigenvalue weighted by molar-refractivity contribution is -0.138. The summed E-state index contributed by atoms with van der Waals surface area (Å²) in [6, 6.07) is 9.04. The molecule has 1 unspecified atom stereocenters. The third kappa shape index (κ3) is 3.64. The number of halogens is 1. The molecule has 0 saturated carbocycles. The predicted molar refractivity (Wildman–Crippen MR) is 82.8 cm³/mol. The van der Waals surface area contributed by atoms with Crippen molar-refractivity contribution in [1.29, 1.82) is 0 Å². The van der Waals surface area contributed by atoms with E-state index in [1.165, 1.54) is 0 Å². The quantitative estimate of drug-likeness (QED) is 0.888. The number of aromatic nitrogens is 2. The van der Waals surface area contributed by atoms with E-state index in [0.717, 1.165) is 29.9 Å². The highest BCUT2D eigenvalue weighted by molar-refractivity contribution is 6.30. The first-order valence-corrected chi connectivity index (χ1v) is 7.46. The van der Waals surface area contributed by atoms with Crippen LogP contribution in [0.4, 0.5) is 0 Å². The number of aliphatic carboxylic acids is 1. The van der Waals surface area contributed by atoms with Crippen molar-refractivity contribution in [2.75, 3.05) is 0 Å². The molecule has 1 atom stereocenters. The van der Waals surface area contributed by atoms with Gasteiger partial charge in [0.1, 0.15) is 0 Å². The van der Waals surface area contributed by atoms with Crippen molar-refractivity contribution in [3.63, 3.8) is 0 Å². The first-order valence-electron chi connectivity index (χ1n) is 7.09. The Labute approximate surface area is 129 Å². The molecule has 5 heteroatoms. The number of carboxylic acids is 1. The van der Waals surface area contributed by atoms with Crippen LogP contribution in [-0.4, -0.2) is 20.9 Å². The molecule has 0 saturated heterocycles.